The number of hydrogen-bond donors (Lipinski definition) is 0. The first kappa shape index (κ1) is 14.1. The molecule has 0 spiro atoms. The van der Waals surface area contributed by atoms with Gasteiger partial charge in [0.2, 0.25) is 0 Å². The summed E-state index contributed by atoms with van der Waals surface area (Å²) in [6, 6.07) is 14.8. The van der Waals surface area contributed by atoms with Gasteiger partial charge in [-0.05, 0) is 54.1 Å². The Morgan fingerprint density at radius 2 is 2.00 bits per heavy atom. The van der Waals surface area contributed by atoms with Crippen LogP contribution in [0.3, 0.4) is 0 Å². The molecule has 1 fully saturated rings. The predicted molar refractivity (Wildman–Crippen MR) is 87.0 cm³/mol. The number of benzene rings is 1. The second kappa shape index (κ2) is 5.96. The van der Waals surface area contributed by atoms with Crippen molar-refractivity contribution in [2.24, 2.45) is 7.05 Å². The van der Waals surface area contributed by atoms with Crippen molar-refractivity contribution in [3.05, 3.63) is 60.2 Å². The van der Waals surface area contributed by atoms with Crippen molar-refractivity contribution in [2.75, 3.05) is 6.54 Å². The summed E-state index contributed by atoms with van der Waals surface area (Å²) >= 11 is 0. The Balaban J connectivity index is 1.59. The number of likely N-dealkylation sites (tertiary alicyclic amines) is 1. The van der Waals surface area contributed by atoms with E-state index >= 15 is 0 Å². The first-order chi connectivity index (χ1) is 11.3. The lowest BCUT2D eigenvalue weighted by molar-refractivity contribution is 0.233. The van der Waals surface area contributed by atoms with Crippen molar-refractivity contribution in [1.82, 2.24) is 29.7 Å². The molecule has 6 nitrogen and oxygen atoms in total. The Kier molecular flexibility index (Phi) is 3.67. The Morgan fingerprint density at radius 3 is 2.78 bits per heavy atom. The summed E-state index contributed by atoms with van der Waals surface area (Å²) in [5.74, 6) is 0.886. The minimum absolute atomic E-state index is 0.441. The van der Waals surface area contributed by atoms with Gasteiger partial charge in [0.1, 0.15) is 0 Å². The first-order valence-electron chi connectivity index (χ1n) is 8.01. The molecule has 0 radical (unpaired) electrons. The lowest BCUT2D eigenvalue weighted by Gasteiger charge is -2.24. The van der Waals surface area contributed by atoms with Gasteiger partial charge in [0.25, 0.3) is 0 Å². The van der Waals surface area contributed by atoms with Crippen molar-refractivity contribution in [3.63, 3.8) is 0 Å². The molecule has 0 aliphatic carbocycles. The van der Waals surface area contributed by atoms with Crippen molar-refractivity contribution < 1.29 is 0 Å². The molecule has 3 aromatic rings. The normalized spacial score (nSPS) is 18.6. The summed E-state index contributed by atoms with van der Waals surface area (Å²) in [5.41, 5.74) is 2.36. The number of hydrogen-bond acceptors (Lipinski definition) is 4. The van der Waals surface area contributed by atoms with Gasteiger partial charge in [-0.15, -0.1) is 5.10 Å². The van der Waals surface area contributed by atoms with Crippen LogP contribution in [0.1, 0.15) is 30.4 Å². The van der Waals surface area contributed by atoms with Crippen molar-refractivity contribution in [1.29, 1.82) is 0 Å². The van der Waals surface area contributed by atoms with E-state index in [1.807, 2.05) is 35.0 Å². The third-order valence-corrected chi connectivity index (χ3v) is 4.57. The molecule has 0 saturated carbocycles. The second-order valence-corrected chi connectivity index (χ2v) is 6.01. The number of aryl methyl sites for hydroxylation is 1. The summed E-state index contributed by atoms with van der Waals surface area (Å²) in [6.07, 6.45) is 4.51. The molecule has 1 aliphatic rings. The van der Waals surface area contributed by atoms with Crippen LogP contribution >= 0.6 is 0 Å². The largest absolute Gasteiger partial charge is 0.353 e. The SMILES string of the molecule is Cn1cccc1[C@H]1CCCN1Cc1nnnn1-c1ccccc1. The average Bonchev–Trinajstić information content (AvgIpc) is 3.30. The maximum absolute atomic E-state index is 4.25. The Morgan fingerprint density at radius 1 is 1.13 bits per heavy atom. The molecule has 4 rings (SSSR count). The van der Waals surface area contributed by atoms with Crippen LogP contribution < -0.4 is 0 Å². The quantitative estimate of drug-likeness (QED) is 0.742. The molecule has 0 unspecified atom stereocenters. The van der Waals surface area contributed by atoms with E-state index in [0.717, 1.165) is 24.6 Å². The zero-order valence-electron chi connectivity index (χ0n) is 13.2. The van der Waals surface area contributed by atoms with Crippen LogP contribution in [0.25, 0.3) is 5.69 Å². The predicted octanol–water partition coefficient (Wildman–Crippen LogP) is 2.34. The van der Waals surface area contributed by atoms with Crippen molar-refractivity contribution in [3.8, 4) is 5.69 Å². The molecule has 2 aromatic heterocycles. The molecule has 0 amide bonds. The van der Waals surface area contributed by atoms with E-state index in [1.54, 1.807) is 0 Å². The fraction of sp³-hybridized carbons (Fsp3) is 0.353. The molecule has 1 saturated heterocycles. The third kappa shape index (κ3) is 2.66. The van der Waals surface area contributed by atoms with Gasteiger partial charge in [-0.25, -0.2) is 0 Å². The van der Waals surface area contributed by atoms with Crippen LogP contribution in [0.15, 0.2) is 48.7 Å². The van der Waals surface area contributed by atoms with E-state index in [1.165, 1.54) is 18.5 Å². The van der Waals surface area contributed by atoms with Crippen LogP contribution in [-0.2, 0) is 13.6 Å². The molecular formula is C17H20N6. The van der Waals surface area contributed by atoms with E-state index in [9.17, 15) is 0 Å². The van der Waals surface area contributed by atoms with Crippen molar-refractivity contribution >= 4 is 0 Å². The van der Waals surface area contributed by atoms with Crippen LogP contribution in [0, 0.1) is 0 Å². The minimum Gasteiger partial charge on any atom is -0.353 e. The number of rotatable bonds is 4. The molecule has 0 N–H and O–H groups in total. The highest BCUT2D eigenvalue weighted by Gasteiger charge is 2.29. The van der Waals surface area contributed by atoms with Gasteiger partial charge in [-0.1, -0.05) is 18.2 Å². The molecule has 1 aromatic carbocycles. The van der Waals surface area contributed by atoms with Crippen molar-refractivity contribution in [2.45, 2.75) is 25.4 Å². The van der Waals surface area contributed by atoms with E-state index in [0.29, 0.717) is 6.04 Å². The van der Waals surface area contributed by atoms with Gasteiger partial charge in [0, 0.05) is 18.9 Å². The molecule has 6 heteroatoms. The highest BCUT2D eigenvalue weighted by molar-refractivity contribution is 5.30. The molecule has 23 heavy (non-hydrogen) atoms. The van der Waals surface area contributed by atoms with Gasteiger partial charge >= 0.3 is 0 Å². The maximum atomic E-state index is 4.25. The first-order valence-corrected chi connectivity index (χ1v) is 8.01. The van der Waals surface area contributed by atoms with E-state index in [2.05, 4.69) is 50.4 Å². The number of aromatic nitrogens is 5. The monoisotopic (exact) mass is 308 g/mol. The van der Waals surface area contributed by atoms with Gasteiger partial charge in [0.05, 0.1) is 18.3 Å². The molecule has 1 atom stereocenters. The zero-order valence-corrected chi connectivity index (χ0v) is 13.2. The summed E-state index contributed by atoms with van der Waals surface area (Å²) in [4.78, 5) is 2.47. The van der Waals surface area contributed by atoms with Gasteiger partial charge < -0.3 is 4.57 Å². The average molecular weight is 308 g/mol. The Bertz CT molecular complexity index is 775. The summed E-state index contributed by atoms with van der Waals surface area (Å²) < 4.78 is 4.05. The topological polar surface area (TPSA) is 51.8 Å². The van der Waals surface area contributed by atoms with Crippen LogP contribution in [0.2, 0.25) is 0 Å². The number of tetrazole rings is 1. The highest BCUT2D eigenvalue weighted by atomic mass is 15.5. The Hall–Kier alpha value is -2.47. The minimum atomic E-state index is 0.441. The number of para-hydroxylation sites is 1. The molecule has 118 valence electrons. The zero-order chi connectivity index (χ0) is 15.6. The van der Waals surface area contributed by atoms with Gasteiger partial charge in [0.15, 0.2) is 5.82 Å². The fourth-order valence-corrected chi connectivity index (χ4v) is 3.43. The standard InChI is InChI=1S/C17H20N6/c1-21-11-5-9-15(21)16-10-6-12-22(16)13-17-18-19-20-23(17)14-7-3-2-4-8-14/h2-5,7-9,11,16H,6,10,12-13H2,1H3/t16-/m1/s1. The lowest BCUT2D eigenvalue weighted by Crippen LogP contribution is -2.26. The smallest absolute Gasteiger partial charge is 0.170 e. The fourth-order valence-electron chi connectivity index (χ4n) is 3.43. The van der Waals surface area contributed by atoms with E-state index in [-0.39, 0.29) is 0 Å². The van der Waals surface area contributed by atoms with Gasteiger partial charge in [-0.2, -0.15) is 4.68 Å². The van der Waals surface area contributed by atoms with Gasteiger partial charge in [-0.3, -0.25) is 4.90 Å². The molecular weight excluding hydrogens is 288 g/mol. The van der Waals surface area contributed by atoms with Crippen LogP contribution in [0.5, 0.6) is 0 Å². The lowest BCUT2D eigenvalue weighted by atomic mass is 10.1. The molecule has 1 aliphatic heterocycles. The summed E-state index contributed by atoms with van der Waals surface area (Å²) in [5, 5.41) is 12.3. The number of nitrogens with zero attached hydrogens (tertiary/aromatic N) is 6. The van der Waals surface area contributed by atoms with E-state index < -0.39 is 0 Å². The third-order valence-electron chi connectivity index (χ3n) is 4.57. The van der Waals surface area contributed by atoms with E-state index in [4.69, 9.17) is 0 Å². The second-order valence-electron chi connectivity index (χ2n) is 6.01. The van der Waals surface area contributed by atoms with Crippen LogP contribution in [-0.4, -0.2) is 36.2 Å². The maximum Gasteiger partial charge on any atom is 0.170 e. The summed E-state index contributed by atoms with van der Waals surface area (Å²) in [6.45, 7) is 1.84. The van der Waals surface area contributed by atoms with Crippen LogP contribution in [0.4, 0.5) is 0 Å². The molecule has 3 heterocycles. The molecule has 0 bridgehead atoms. The Labute approximate surface area is 135 Å². The highest BCUT2D eigenvalue weighted by Crippen LogP contribution is 2.32. The summed E-state index contributed by atoms with van der Waals surface area (Å²) in [7, 11) is 2.11.